The van der Waals surface area contributed by atoms with Crippen LogP contribution in [-0.2, 0) is 0 Å². The smallest absolute Gasteiger partial charge is 0.168 e. The zero-order valence-electron chi connectivity index (χ0n) is 6.97. The molecule has 0 atom stereocenters. The van der Waals surface area contributed by atoms with Gasteiger partial charge >= 0.3 is 0 Å². The van der Waals surface area contributed by atoms with Gasteiger partial charge in [-0.1, -0.05) is 15.9 Å². The minimum atomic E-state index is 0.527. The van der Waals surface area contributed by atoms with Gasteiger partial charge in [-0.25, -0.2) is 0 Å². The van der Waals surface area contributed by atoms with E-state index in [0.717, 1.165) is 27.2 Å². The number of nitrogens with one attached hydrogen (secondary N) is 1. The first kappa shape index (κ1) is 8.44. The van der Waals surface area contributed by atoms with Crippen molar-refractivity contribution in [1.29, 1.82) is 0 Å². The van der Waals surface area contributed by atoms with Gasteiger partial charge in [0.2, 0.25) is 0 Å². The van der Waals surface area contributed by atoms with Crippen LogP contribution in [0.1, 0.15) is 16.1 Å². The van der Waals surface area contributed by atoms with E-state index in [1.807, 2.05) is 19.1 Å². The summed E-state index contributed by atoms with van der Waals surface area (Å²) in [5.74, 6) is 0. The molecule has 2 rings (SSSR count). The number of H-pyrrole nitrogens is 1. The zero-order valence-corrected chi connectivity index (χ0v) is 8.55. The number of nitrogens with zero attached hydrogens (tertiary/aromatic N) is 1. The molecule has 1 aromatic carbocycles. The number of aromatic amines is 1. The number of aryl methyl sites for hydroxylation is 1. The van der Waals surface area contributed by atoms with E-state index in [9.17, 15) is 4.79 Å². The number of carbonyl (C=O) groups excluding carboxylic acids is 1. The number of aromatic nitrogens is 2. The molecule has 0 radical (unpaired) electrons. The maximum atomic E-state index is 10.6. The molecule has 1 heterocycles. The number of carbonyl (C=O) groups is 1. The molecule has 1 N–H and O–H groups in total. The number of fused-ring (bicyclic) bond motifs is 1. The Balaban J connectivity index is 2.89. The van der Waals surface area contributed by atoms with Crippen LogP contribution in [-0.4, -0.2) is 16.5 Å². The van der Waals surface area contributed by atoms with Crippen molar-refractivity contribution in [2.75, 3.05) is 0 Å². The molecule has 0 amide bonds. The summed E-state index contributed by atoms with van der Waals surface area (Å²) in [5.41, 5.74) is 2.43. The highest BCUT2D eigenvalue weighted by Gasteiger charge is 2.07. The summed E-state index contributed by atoms with van der Waals surface area (Å²) in [7, 11) is 0. The maximum absolute atomic E-state index is 10.6. The Morgan fingerprint density at radius 1 is 1.54 bits per heavy atom. The van der Waals surface area contributed by atoms with E-state index in [-0.39, 0.29) is 0 Å². The Hall–Kier alpha value is -1.16. The van der Waals surface area contributed by atoms with Crippen LogP contribution in [0, 0.1) is 6.92 Å². The predicted octanol–water partition coefficient (Wildman–Crippen LogP) is 2.45. The van der Waals surface area contributed by atoms with E-state index >= 15 is 0 Å². The van der Waals surface area contributed by atoms with E-state index in [2.05, 4.69) is 26.1 Å². The van der Waals surface area contributed by atoms with Crippen molar-refractivity contribution < 1.29 is 4.79 Å². The molecule has 1 aromatic heterocycles. The lowest BCUT2D eigenvalue weighted by Crippen LogP contribution is -1.79. The summed E-state index contributed by atoms with van der Waals surface area (Å²) in [6, 6.07) is 3.85. The van der Waals surface area contributed by atoms with Crippen molar-refractivity contribution in [3.8, 4) is 0 Å². The molecule has 2 aromatic rings. The number of halogens is 1. The molecule has 66 valence electrons. The minimum absolute atomic E-state index is 0.527. The maximum Gasteiger partial charge on any atom is 0.168 e. The quantitative estimate of drug-likeness (QED) is 0.777. The second-order valence-electron chi connectivity index (χ2n) is 2.87. The van der Waals surface area contributed by atoms with E-state index in [0.29, 0.717) is 5.69 Å². The molecule has 0 bridgehead atoms. The van der Waals surface area contributed by atoms with E-state index in [4.69, 9.17) is 0 Å². The van der Waals surface area contributed by atoms with Crippen LogP contribution in [0.3, 0.4) is 0 Å². The van der Waals surface area contributed by atoms with E-state index in [1.54, 1.807) is 0 Å². The fraction of sp³-hybridized carbons (Fsp3) is 0.111. The third-order valence-electron chi connectivity index (χ3n) is 1.96. The largest absolute Gasteiger partial charge is 0.296 e. The van der Waals surface area contributed by atoms with Crippen LogP contribution in [0.2, 0.25) is 0 Å². The Morgan fingerprint density at radius 3 is 3.00 bits per heavy atom. The lowest BCUT2D eigenvalue weighted by Gasteiger charge is -1.95. The third kappa shape index (κ3) is 1.27. The molecule has 3 nitrogen and oxygen atoms in total. The lowest BCUT2D eigenvalue weighted by molar-refractivity contribution is 0.112. The number of hydrogen-bond donors (Lipinski definition) is 1. The molecule has 0 aliphatic rings. The molecule has 4 heteroatoms. The van der Waals surface area contributed by atoms with E-state index in [1.165, 1.54) is 0 Å². The normalized spacial score (nSPS) is 10.6. The first-order valence-corrected chi connectivity index (χ1v) is 4.61. The highest BCUT2D eigenvalue weighted by molar-refractivity contribution is 9.10. The van der Waals surface area contributed by atoms with Gasteiger partial charge in [0, 0.05) is 9.86 Å². The van der Waals surface area contributed by atoms with Gasteiger partial charge in [-0.2, -0.15) is 5.10 Å². The average Bonchev–Trinajstić information content (AvgIpc) is 2.47. The Kier molecular flexibility index (Phi) is 1.92. The van der Waals surface area contributed by atoms with Gasteiger partial charge in [0.1, 0.15) is 5.69 Å². The van der Waals surface area contributed by atoms with Crippen LogP contribution >= 0.6 is 15.9 Å². The molecular formula is C9H7BrN2O. The summed E-state index contributed by atoms with van der Waals surface area (Å²) in [6.45, 7) is 1.96. The molecule has 0 aliphatic heterocycles. The van der Waals surface area contributed by atoms with Gasteiger partial charge in [-0.05, 0) is 24.6 Å². The van der Waals surface area contributed by atoms with Crippen molar-refractivity contribution >= 4 is 33.1 Å². The molecule has 0 saturated heterocycles. The highest BCUT2D eigenvalue weighted by atomic mass is 79.9. The Bertz CT molecular complexity index is 476. The van der Waals surface area contributed by atoms with Crippen molar-refractivity contribution in [2.45, 2.75) is 6.92 Å². The first-order valence-electron chi connectivity index (χ1n) is 3.82. The SMILES string of the molecule is Cc1cc(Br)cc2c(C=O)[nH]nc12. The summed E-state index contributed by atoms with van der Waals surface area (Å²) in [4.78, 5) is 10.6. The molecule has 0 saturated carbocycles. The second kappa shape index (κ2) is 2.96. The summed E-state index contributed by atoms with van der Waals surface area (Å²) >= 11 is 3.37. The van der Waals surface area contributed by atoms with Gasteiger partial charge in [-0.3, -0.25) is 9.89 Å². The predicted molar refractivity (Wildman–Crippen MR) is 53.9 cm³/mol. The standard InChI is InChI=1S/C9H7BrN2O/c1-5-2-6(10)3-7-8(4-13)11-12-9(5)7/h2-4H,1H3,(H,11,12). The summed E-state index contributed by atoms with van der Waals surface area (Å²) < 4.78 is 0.960. The van der Waals surface area contributed by atoms with Gasteiger partial charge in [0.15, 0.2) is 6.29 Å². The van der Waals surface area contributed by atoms with Crippen LogP contribution in [0.25, 0.3) is 10.9 Å². The third-order valence-corrected chi connectivity index (χ3v) is 2.42. The number of hydrogen-bond acceptors (Lipinski definition) is 2. The van der Waals surface area contributed by atoms with Crippen LogP contribution in [0.15, 0.2) is 16.6 Å². The number of aldehydes is 1. The van der Waals surface area contributed by atoms with Gasteiger partial charge in [0.25, 0.3) is 0 Å². The van der Waals surface area contributed by atoms with E-state index < -0.39 is 0 Å². The van der Waals surface area contributed by atoms with Crippen molar-refractivity contribution in [2.24, 2.45) is 0 Å². The van der Waals surface area contributed by atoms with Crippen LogP contribution in [0.5, 0.6) is 0 Å². The fourth-order valence-electron chi connectivity index (χ4n) is 1.36. The van der Waals surface area contributed by atoms with Crippen LogP contribution < -0.4 is 0 Å². The first-order chi connectivity index (χ1) is 6.22. The number of rotatable bonds is 1. The highest BCUT2D eigenvalue weighted by Crippen LogP contribution is 2.23. The van der Waals surface area contributed by atoms with Crippen molar-refractivity contribution in [3.05, 3.63) is 27.9 Å². The zero-order chi connectivity index (χ0) is 9.42. The summed E-state index contributed by atoms with van der Waals surface area (Å²) in [6.07, 6.45) is 0.779. The molecule has 0 unspecified atom stereocenters. The Labute approximate surface area is 83.3 Å². The molecular weight excluding hydrogens is 232 g/mol. The Morgan fingerprint density at radius 2 is 2.31 bits per heavy atom. The minimum Gasteiger partial charge on any atom is -0.296 e. The molecule has 0 aliphatic carbocycles. The molecule has 0 fully saturated rings. The summed E-state index contributed by atoms with van der Waals surface area (Å²) in [5, 5.41) is 7.61. The van der Waals surface area contributed by atoms with Crippen molar-refractivity contribution in [3.63, 3.8) is 0 Å². The molecule has 0 spiro atoms. The number of benzene rings is 1. The van der Waals surface area contributed by atoms with Gasteiger partial charge < -0.3 is 0 Å². The second-order valence-corrected chi connectivity index (χ2v) is 3.79. The fourth-order valence-corrected chi connectivity index (χ4v) is 1.93. The van der Waals surface area contributed by atoms with Gasteiger partial charge in [0.05, 0.1) is 5.52 Å². The average molecular weight is 239 g/mol. The van der Waals surface area contributed by atoms with Crippen LogP contribution in [0.4, 0.5) is 0 Å². The van der Waals surface area contributed by atoms with Crippen molar-refractivity contribution in [1.82, 2.24) is 10.2 Å². The monoisotopic (exact) mass is 238 g/mol. The topological polar surface area (TPSA) is 45.8 Å². The molecule has 13 heavy (non-hydrogen) atoms. The lowest BCUT2D eigenvalue weighted by atomic mass is 10.1. The van der Waals surface area contributed by atoms with Gasteiger partial charge in [-0.15, -0.1) is 0 Å².